The molecule has 0 N–H and O–H groups in total. The van der Waals surface area contributed by atoms with Gasteiger partial charge < -0.3 is 4.74 Å². The van der Waals surface area contributed by atoms with Crippen LogP contribution in [0, 0.1) is 10.1 Å². The van der Waals surface area contributed by atoms with E-state index in [1.165, 1.54) is 17.3 Å². The second kappa shape index (κ2) is 4.13. The zero-order chi connectivity index (χ0) is 11.5. The Hall–Kier alpha value is -2.18. The molecule has 84 valence electrons. The van der Waals surface area contributed by atoms with Gasteiger partial charge in [-0.15, -0.1) is 0 Å². The van der Waals surface area contributed by atoms with Gasteiger partial charge in [-0.05, 0) is 5.57 Å². The maximum absolute atomic E-state index is 11.0. The van der Waals surface area contributed by atoms with Gasteiger partial charge in [-0.3, -0.25) is 10.1 Å². The van der Waals surface area contributed by atoms with Crippen molar-refractivity contribution in [1.29, 1.82) is 0 Å². The Morgan fingerprint density at radius 1 is 1.56 bits per heavy atom. The van der Waals surface area contributed by atoms with Crippen molar-refractivity contribution in [2.24, 2.45) is 5.10 Å². The summed E-state index contributed by atoms with van der Waals surface area (Å²) in [6.45, 7) is 0.742. The fourth-order valence-corrected chi connectivity index (χ4v) is 1.38. The summed E-state index contributed by atoms with van der Waals surface area (Å²) >= 11 is 0. The molecule has 16 heavy (non-hydrogen) atoms. The third kappa shape index (κ3) is 2.08. The minimum atomic E-state index is -0.489. The first-order valence-corrected chi connectivity index (χ1v) is 4.69. The van der Waals surface area contributed by atoms with Gasteiger partial charge in [0, 0.05) is 6.08 Å². The van der Waals surface area contributed by atoms with Crippen molar-refractivity contribution < 1.29 is 14.5 Å². The Labute approximate surface area is 90.8 Å². The molecular weight excluding hydrogens is 214 g/mol. The monoisotopic (exact) mass is 223 g/mol. The number of carbonyl (C=O) groups excluding carboxylic acids is 1. The number of amides is 1. The molecule has 0 aromatic carbocycles. The molecule has 1 saturated heterocycles. The standard InChI is InChI=1S/C9H9N3O4/c13-9-11(3-4-16-9)10-6-7-1-2-8(5-7)12(14)15/h1-2,6H,3-5H2/b10-6+. The highest BCUT2D eigenvalue weighted by Crippen LogP contribution is 2.17. The van der Waals surface area contributed by atoms with E-state index in [0.717, 1.165) is 0 Å². The number of allylic oxidation sites excluding steroid dienone is 3. The highest BCUT2D eigenvalue weighted by molar-refractivity contribution is 5.82. The molecule has 0 aromatic heterocycles. The van der Waals surface area contributed by atoms with Crippen molar-refractivity contribution >= 4 is 12.3 Å². The van der Waals surface area contributed by atoms with E-state index in [4.69, 9.17) is 0 Å². The summed E-state index contributed by atoms with van der Waals surface area (Å²) in [6, 6.07) is 0. The van der Waals surface area contributed by atoms with Gasteiger partial charge in [0.1, 0.15) is 6.61 Å². The first kappa shape index (κ1) is 10.3. The lowest BCUT2D eigenvalue weighted by Gasteiger charge is -2.03. The van der Waals surface area contributed by atoms with Crippen LogP contribution in [0.2, 0.25) is 0 Å². The molecule has 0 aromatic rings. The van der Waals surface area contributed by atoms with Gasteiger partial charge in [0.25, 0.3) is 5.70 Å². The maximum Gasteiger partial charge on any atom is 0.430 e. The highest BCUT2D eigenvalue weighted by Gasteiger charge is 2.21. The summed E-state index contributed by atoms with van der Waals surface area (Å²) in [5.74, 6) is 0. The van der Waals surface area contributed by atoms with Crippen LogP contribution in [-0.2, 0) is 4.74 Å². The van der Waals surface area contributed by atoms with E-state index in [-0.39, 0.29) is 12.1 Å². The summed E-state index contributed by atoms with van der Waals surface area (Å²) in [6.07, 6.45) is 4.24. The number of nitro groups is 1. The van der Waals surface area contributed by atoms with Crippen molar-refractivity contribution in [2.45, 2.75) is 6.42 Å². The zero-order valence-corrected chi connectivity index (χ0v) is 8.33. The predicted molar refractivity (Wildman–Crippen MR) is 54.3 cm³/mol. The van der Waals surface area contributed by atoms with Crippen LogP contribution in [0.25, 0.3) is 0 Å². The predicted octanol–water partition coefficient (Wildman–Crippen LogP) is 0.915. The molecule has 0 spiro atoms. The summed E-state index contributed by atoms with van der Waals surface area (Å²) < 4.78 is 4.67. The fraction of sp³-hybridized carbons (Fsp3) is 0.333. The van der Waals surface area contributed by atoms with Crippen molar-refractivity contribution in [3.8, 4) is 0 Å². The van der Waals surface area contributed by atoms with E-state index in [1.54, 1.807) is 6.08 Å². The van der Waals surface area contributed by atoms with Crippen molar-refractivity contribution in [1.82, 2.24) is 5.01 Å². The van der Waals surface area contributed by atoms with E-state index in [1.807, 2.05) is 0 Å². The average Bonchev–Trinajstić information content (AvgIpc) is 2.83. The minimum Gasteiger partial charge on any atom is -0.446 e. The number of hydrogen-bond acceptors (Lipinski definition) is 5. The van der Waals surface area contributed by atoms with Crippen LogP contribution in [-0.4, -0.2) is 35.4 Å². The van der Waals surface area contributed by atoms with E-state index in [0.29, 0.717) is 18.7 Å². The smallest absolute Gasteiger partial charge is 0.430 e. The topological polar surface area (TPSA) is 85.0 Å². The number of rotatable bonds is 3. The van der Waals surface area contributed by atoms with Crippen LogP contribution in [0.3, 0.4) is 0 Å². The molecule has 1 aliphatic carbocycles. The third-order valence-corrected chi connectivity index (χ3v) is 2.21. The Bertz CT molecular complexity index is 424. The summed E-state index contributed by atoms with van der Waals surface area (Å²) in [5, 5.41) is 15.5. The Kier molecular flexibility index (Phi) is 2.67. The zero-order valence-electron chi connectivity index (χ0n) is 8.33. The van der Waals surface area contributed by atoms with Crippen LogP contribution < -0.4 is 0 Å². The molecule has 1 amide bonds. The van der Waals surface area contributed by atoms with E-state index >= 15 is 0 Å². The number of ether oxygens (including phenoxy) is 1. The van der Waals surface area contributed by atoms with Crippen molar-refractivity contribution in [2.75, 3.05) is 13.2 Å². The first-order chi connectivity index (χ1) is 7.66. The first-order valence-electron chi connectivity index (χ1n) is 4.69. The summed E-state index contributed by atoms with van der Waals surface area (Å²) in [5.41, 5.74) is 0.830. The molecule has 0 saturated carbocycles. The van der Waals surface area contributed by atoms with Gasteiger partial charge in [0.05, 0.1) is 24.1 Å². The van der Waals surface area contributed by atoms with Gasteiger partial charge in [-0.25, -0.2) is 4.79 Å². The molecule has 0 atom stereocenters. The number of hydrogen-bond donors (Lipinski definition) is 0. The van der Waals surface area contributed by atoms with Gasteiger partial charge in [0.15, 0.2) is 0 Å². The number of nitrogens with zero attached hydrogens (tertiary/aromatic N) is 3. The SMILES string of the molecule is O=C1OCCN1/N=C/C1=CC=C([N+](=O)[O-])C1. The lowest BCUT2D eigenvalue weighted by atomic mass is 10.2. The number of carbonyl (C=O) groups is 1. The largest absolute Gasteiger partial charge is 0.446 e. The lowest BCUT2D eigenvalue weighted by molar-refractivity contribution is -0.426. The molecule has 7 heteroatoms. The van der Waals surface area contributed by atoms with Crippen molar-refractivity contribution in [3.05, 3.63) is 33.5 Å². The van der Waals surface area contributed by atoms with Gasteiger partial charge in [-0.1, -0.05) is 6.08 Å². The van der Waals surface area contributed by atoms with Crippen LogP contribution >= 0.6 is 0 Å². The summed E-state index contributed by atoms with van der Waals surface area (Å²) in [7, 11) is 0. The second-order valence-corrected chi connectivity index (χ2v) is 3.32. The van der Waals surface area contributed by atoms with Crippen LogP contribution in [0.15, 0.2) is 28.5 Å². The van der Waals surface area contributed by atoms with E-state index in [9.17, 15) is 14.9 Å². The molecule has 1 aliphatic heterocycles. The number of hydrazone groups is 1. The fourth-order valence-electron chi connectivity index (χ4n) is 1.38. The molecule has 0 radical (unpaired) electrons. The third-order valence-electron chi connectivity index (χ3n) is 2.21. The van der Waals surface area contributed by atoms with Gasteiger partial charge in [-0.2, -0.15) is 10.1 Å². The van der Waals surface area contributed by atoms with Crippen LogP contribution in [0.1, 0.15) is 6.42 Å². The Morgan fingerprint density at radius 3 is 2.94 bits per heavy atom. The Balaban J connectivity index is 1.91. The lowest BCUT2D eigenvalue weighted by Crippen LogP contribution is -2.17. The minimum absolute atomic E-state index is 0.130. The molecule has 7 nitrogen and oxygen atoms in total. The molecule has 1 fully saturated rings. The maximum atomic E-state index is 11.0. The number of cyclic esters (lactones) is 1. The van der Waals surface area contributed by atoms with Crippen molar-refractivity contribution in [3.63, 3.8) is 0 Å². The molecule has 2 rings (SSSR count). The molecule has 1 heterocycles. The van der Waals surface area contributed by atoms with Gasteiger partial charge in [0.2, 0.25) is 0 Å². The van der Waals surface area contributed by atoms with E-state index in [2.05, 4.69) is 9.84 Å². The molecular formula is C9H9N3O4. The average molecular weight is 223 g/mol. The normalized spacial score (nSPS) is 20.0. The van der Waals surface area contributed by atoms with E-state index < -0.39 is 11.0 Å². The molecule has 0 unspecified atom stereocenters. The molecule has 2 aliphatic rings. The summed E-state index contributed by atoms with van der Waals surface area (Å²) in [4.78, 5) is 21.0. The Morgan fingerprint density at radius 2 is 2.38 bits per heavy atom. The quantitative estimate of drug-likeness (QED) is 0.404. The van der Waals surface area contributed by atoms with Gasteiger partial charge >= 0.3 is 6.09 Å². The van der Waals surface area contributed by atoms with Crippen LogP contribution in [0.4, 0.5) is 4.79 Å². The van der Waals surface area contributed by atoms with Crippen LogP contribution in [0.5, 0.6) is 0 Å². The second-order valence-electron chi connectivity index (χ2n) is 3.32. The molecule has 0 bridgehead atoms. The highest BCUT2D eigenvalue weighted by atomic mass is 16.6.